The van der Waals surface area contributed by atoms with Gasteiger partial charge in [-0.25, -0.2) is 4.98 Å². The van der Waals surface area contributed by atoms with Gasteiger partial charge in [0.15, 0.2) is 0 Å². The topological polar surface area (TPSA) is 46.9 Å². The zero-order valence-electron chi connectivity index (χ0n) is 17.2. The molecule has 30 heavy (non-hydrogen) atoms. The van der Waals surface area contributed by atoms with Crippen molar-refractivity contribution in [1.29, 1.82) is 0 Å². The summed E-state index contributed by atoms with van der Waals surface area (Å²) in [6, 6.07) is 24.0. The van der Waals surface area contributed by atoms with E-state index in [0.29, 0.717) is 5.56 Å². The number of nitrogens with zero attached hydrogens (tertiary/aromatic N) is 2. The molecule has 0 aliphatic rings. The Kier molecular flexibility index (Phi) is 5.75. The third-order valence-corrected chi connectivity index (χ3v) is 5.29. The molecule has 1 amide bonds. The second-order valence-corrected chi connectivity index (χ2v) is 7.61. The quantitative estimate of drug-likeness (QED) is 0.496. The van der Waals surface area contributed by atoms with Crippen LogP contribution >= 0.6 is 0 Å². The van der Waals surface area contributed by atoms with Gasteiger partial charge >= 0.3 is 0 Å². The molecule has 1 N–H and O–H groups in total. The molecule has 0 fully saturated rings. The summed E-state index contributed by atoms with van der Waals surface area (Å²) in [4.78, 5) is 17.1. The van der Waals surface area contributed by atoms with Crippen LogP contribution in [0.1, 0.15) is 44.2 Å². The first-order chi connectivity index (χ1) is 14.6. The van der Waals surface area contributed by atoms with Crippen LogP contribution in [0, 0.1) is 13.8 Å². The van der Waals surface area contributed by atoms with Crippen LogP contribution in [0.15, 0.2) is 91.5 Å². The fourth-order valence-corrected chi connectivity index (χ4v) is 3.70. The van der Waals surface area contributed by atoms with Gasteiger partial charge in [0.25, 0.3) is 5.91 Å². The Morgan fingerprint density at radius 1 is 1.00 bits per heavy atom. The first kappa shape index (κ1) is 19.6. The van der Waals surface area contributed by atoms with Crippen LogP contribution in [-0.2, 0) is 6.54 Å². The Morgan fingerprint density at radius 2 is 1.77 bits per heavy atom. The lowest BCUT2D eigenvalue weighted by Crippen LogP contribution is -2.29. The first-order valence-corrected chi connectivity index (χ1v) is 10.1. The molecule has 0 spiro atoms. The van der Waals surface area contributed by atoms with Crippen LogP contribution in [0.3, 0.4) is 0 Å². The smallest absolute Gasteiger partial charge is 0.252 e. The normalized spacial score (nSPS) is 11.8. The maximum absolute atomic E-state index is 13.1. The number of carbonyl (C=O) groups is 1. The number of imidazole rings is 1. The minimum absolute atomic E-state index is 0.0852. The van der Waals surface area contributed by atoms with Crippen molar-refractivity contribution in [2.24, 2.45) is 0 Å². The van der Waals surface area contributed by atoms with Crippen LogP contribution in [0.4, 0.5) is 0 Å². The maximum atomic E-state index is 13.1. The molecular weight excluding hydrogens is 370 g/mol. The zero-order chi connectivity index (χ0) is 20.9. The van der Waals surface area contributed by atoms with E-state index in [-0.39, 0.29) is 11.9 Å². The van der Waals surface area contributed by atoms with Crippen molar-refractivity contribution in [3.63, 3.8) is 0 Å². The Labute approximate surface area is 177 Å². The van der Waals surface area contributed by atoms with Gasteiger partial charge in [-0.1, -0.05) is 66.2 Å². The van der Waals surface area contributed by atoms with E-state index in [1.807, 2.05) is 53.2 Å². The summed E-state index contributed by atoms with van der Waals surface area (Å²) in [6.45, 7) is 4.91. The van der Waals surface area contributed by atoms with Crippen molar-refractivity contribution in [2.45, 2.75) is 26.4 Å². The molecule has 1 unspecified atom stereocenters. The highest BCUT2D eigenvalue weighted by molar-refractivity contribution is 5.94. The molecule has 0 radical (unpaired) electrons. The van der Waals surface area contributed by atoms with Crippen LogP contribution in [0.5, 0.6) is 0 Å². The molecule has 0 bridgehead atoms. The molecule has 0 saturated heterocycles. The van der Waals surface area contributed by atoms with E-state index < -0.39 is 0 Å². The lowest BCUT2D eigenvalue weighted by atomic mass is 9.93. The third-order valence-electron chi connectivity index (χ3n) is 5.29. The van der Waals surface area contributed by atoms with Gasteiger partial charge in [0.1, 0.15) is 0 Å². The number of amides is 1. The molecule has 0 saturated carbocycles. The molecule has 1 atom stereocenters. The van der Waals surface area contributed by atoms with E-state index in [0.717, 1.165) is 23.2 Å². The number of aromatic nitrogens is 2. The SMILES string of the molecule is Cc1ccc(C(NC(=O)c2ccc(Cn3ccnc3)cc2)c2ccccc2)c(C)c1. The van der Waals surface area contributed by atoms with Gasteiger partial charge in [-0.05, 0) is 48.2 Å². The molecule has 150 valence electrons. The van der Waals surface area contributed by atoms with Gasteiger partial charge < -0.3 is 9.88 Å². The Bertz CT molecular complexity index is 1120. The summed E-state index contributed by atoms with van der Waals surface area (Å²) in [5.41, 5.74) is 6.32. The van der Waals surface area contributed by atoms with Gasteiger partial charge in [-0.3, -0.25) is 4.79 Å². The second kappa shape index (κ2) is 8.78. The molecule has 4 aromatic rings. The van der Waals surface area contributed by atoms with Gasteiger partial charge in [-0.15, -0.1) is 0 Å². The van der Waals surface area contributed by atoms with E-state index in [2.05, 4.69) is 54.5 Å². The standard InChI is InChI=1S/C26H25N3O/c1-19-8-13-24(20(2)16-19)25(22-6-4-3-5-7-22)28-26(30)23-11-9-21(10-12-23)17-29-15-14-27-18-29/h3-16,18,25H,17H2,1-2H3,(H,28,30). The average molecular weight is 396 g/mol. The highest BCUT2D eigenvalue weighted by atomic mass is 16.1. The second-order valence-electron chi connectivity index (χ2n) is 7.61. The predicted octanol–water partition coefficient (Wildman–Crippen LogP) is 5.07. The number of benzene rings is 3. The predicted molar refractivity (Wildman–Crippen MR) is 119 cm³/mol. The van der Waals surface area contributed by atoms with Crippen LogP contribution in [0.2, 0.25) is 0 Å². The summed E-state index contributed by atoms with van der Waals surface area (Å²) < 4.78 is 2.00. The number of hydrogen-bond acceptors (Lipinski definition) is 2. The molecule has 4 nitrogen and oxygen atoms in total. The van der Waals surface area contributed by atoms with E-state index >= 15 is 0 Å². The first-order valence-electron chi connectivity index (χ1n) is 10.1. The molecule has 4 rings (SSSR count). The van der Waals surface area contributed by atoms with Crippen molar-refractivity contribution >= 4 is 5.91 Å². The molecule has 1 aromatic heterocycles. The largest absolute Gasteiger partial charge is 0.341 e. The number of nitrogens with one attached hydrogen (secondary N) is 1. The molecule has 0 aliphatic heterocycles. The highest BCUT2D eigenvalue weighted by Gasteiger charge is 2.19. The van der Waals surface area contributed by atoms with E-state index in [4.69, 9.17) is 0 Å². The summed E-state index contributed by atoms with van der Waals surface area (Å²) >= 11 is 0. The number of rotatable bonds is 6. The lowest BCUT2D eigenvalue weighted by Gasteiger charge is -2.22. The van der Waals surface area contributed by atoms with Gasteiger partial charge in [0.05, 0.1) is 12.4 Å². The molecule has 3 aromatic carbocycles. The van der Waals surface area contributed by atoms with Gasteiger partial charge in [0.2, 0.25) is 0 Å². The molecule has 0 aliphatic carbocycles. The van der Waals surface area contributed by atoms with E-state index in [1.165, 1.54) is 11.1 Å². The van der Waals surface area contributed by atoms with Crippen LogP contribution in [0.25, 0.3) is 0 Å². The lowest BCUT2D eigenvalue weighted by molar-refractivity contribution is 0.0943. The summed E-state index contributed by atoms with van der Waals surface area (Å²) in [6.07, 6.45) is 5.47. The van der Waals surface area contributed by atoms with Gasteiger partial charge in [-0.2, -0.15) is 0 Å². The Balaban J connectivity index is 1.57. The summed E-state index contributed by atoms with van der Waals surface area (Å²) in [5, 5.41) is 3.24. The third kappa shape index (κ3) is 4.49. The number of aryl methyl sites for hydroxylation is 2. The van der Waals surface area contributed by atoms with E-state index in [1.54, 1.807) is 12.5 Å². The van der Waals surface area contributed by atoms with Crippen molar-refractivity contribution in [3.05, 3.63) is 125 Å². The molecule has 1 heterocycles. The maximum Gasteiger partial charge on any atom is 0.252 e. The van der Waals surface area contributed by atoms with Crippen LogP contribution in [-0.4, -0.2) is 15.5 Å². The minimum atomic E-state index is -0.204. The van der Waals surface area contributed by atoms with Crippen LogP contribution < -0.4 is 5.32 Å². The summed E-state index contributed by atoms with van der Waals surface area (Å²) in [7, 11) is 0. The Morgan fingerprint density at radius 3 is 2.43 bits per heavy atom. The molecule has 4 heteroatoms. The molecular formula is C26H25N3O. The fraction of sp³-hybridized carbons (Fsp3) is 0.154. The minimum Gasteiger partial charge on any atom is -0.341 e. The van der Waals surface area contributed by atoms with Gasteiger partial charge in [0, 0.05) is 24.5 Å². The van der Waals surface area contributed by atoms with Crippen molar-refractivity contribution < 1.29 is 4.79 Å². The van der Waals surface area contributed by atoms with E-state index in [9.17, 15) is 4.79 Å². The van der Waals surface area contributed by atoms with Crippen molar-refractivity contribution in [2.75, 3.05) is 0 Å². The van der Waals surface area contributed by atoms with Crippen molar-refractivity contribution in [3.8, 4) is 0 Å². The Hall–Kier alpha value is -3.66. The fourth-order valence-electron chi connectivity index (χ4n) is 3.70. The monoisotopic (exact) mass is 395 g/mol. The average Bonchev–Trinajstić information content (AvgIpc) is 3.26. The zero-order valence-corrected chi connectivity index (χ0v) is 17.2. The number of hydrogen-bond donors (Lipinski definition) is 1. The number of carbonyl (C=O) groups excluding carboxylic acids is 1. The van der Waals surface area contributed by atoms with Crippen molar-refractivity contribution in [1.82, 2.24) is 14.9 Å². The highest BCUT2D eigenvalue weighted by Crippen LogP contribution is 2.26. The summed E-state index contributed by atoms with van der Waals surface area (Å²) in [5.74, 6) is -0.0852.